The van der Waals surface area contributed by atoms with Crippen molar-refractivity contribution in [3.63, 3.8) is 0 Å². The monoisotopic (exact) mass is 405 g/mol. The molecule has 4 nitrogen and oxygen atoms in total. The summed E-state index contributed by atoms with van der Waals surface area (Å²) in [5.74, 6) is -0.259. The van der Waals surface area contributed by atoms with Gasteiger partial charge in [-0.05, 0) is 42.2 Å². The second kappa shape index (κ2) is 6.84. The van der Waals surface area contributed by atoms with E-state index in [0.29, 0.717) is 0 Å². The molecule has 0 radical (unpaired) electrons. The van der Waals surface area contributed by atoms with Gasteiger partial charge in [-0.25, -0.2) is 4.98 Å². The molecule has 148 valence electrons. The van der Waals surface area contributed by atoms with Crippen molar-refractivity contribution in [2.45, 2.75) is 19.2 Å². The lowest BCUT2D eigenvalue weighted by atomic mass is 10.0. The quantitative estimate of drug-likeness (QED) is 0.597. The van der Waals surface area contributed by atoms with Crippen molar-refractivity contribution in [3.05, 3.63) is 64.2 Å². The summed E-state index contributed by atoms with van der Waals surface area (Å²) in [5, 5.41) is 0. The fourth-order valence-corrected chi connectivity index (χ4v) is 2.49. The molecular formula is C18H12F6N2O2. The molecule has 0 unspecified atom stereocenters. The molecule has 0 fully saturated rings. The Bertz CT molecular complexity index is 1170. The van der Waals surface area contributed by atoms with Crippen molar-refractivity contribution in [3.8, 4) is 16.9 Å². The minimum Gasteiger partial charge on any atom is -0.484 e. The third kappa shape index (κ3) is 4.10. The van der Waals surface area contributed by atoms with Crippen LogP contribution in [0.25, 0.3) is 16.8 Å². The average Bonchev–Trinajstić information content (AvgIpc) is 2.64. The van der Waals surface area contributed by atoms with Crippen LogP contribution in [0.1, 0.15) is 15.4 Å². The summed E-state index contributed by atoms with van der Waals surface area (Å²) in [7, 11) is 0. The number of fused-ring (bicyclic) bond motifs is 1. The topological polar surface area (TPSA) is 43.6 Å². The van der Waals surface area contributed by atoms with Gasteiger partial charge in [-0.2, -0.15) is 26.3 Å². The van der Waals surface area contributed by atoms with E-state index in [1.54, 1.807) is 0 Å². The Balaban J connectivity index is 2.15. The highest BCUT2D eigenvalue weighted by Gasteiger charge is 2.38. The van der Waals surface area contributed by atoms with Crippen molar-refractivity contribution >= 4 is 5.65 Å². The van der Waals surface area contributed by atoms with Crippen molar-refractivity contribution < 1.29 is 35.2 Å². The molecule has 3 rings (SSSR count). The molecule has 0 aliphatic rings. The molecule has 1 aromatic carbocycles. The molecule has 3 aromatic rings. The number of rotatable bonds is 3. The van der Waals surface area contributed by atoms with Crippen LogP contribution in [-0.4, -0.2) is 22.2 Å². The molecular weight excluding hydrogens is 390 g/mol. The van der Waals surface area contributed by atoms with Gasteiger partial charge in [0.1, 0.15) is 11.4 Å². The number of nitrogens with zero attached hydrogens (tertiary/aromatic N) is 2. The third-order valence-corrected chi connectivity index (χ3v) is 3.64. The van der Waals surface area contributed by atoms with Crippen LogP contribution in [-0.2, 0) is 6.18 Å². The molecule has 2 heterocycles. The Morgan fingerprint density at radius 2 is 1.79 bits per heavy atom. The van der Waals surface area contributed by atoms with Crippen LogP contribution in [0.2, 0.25) is 0 Å². The molecule has 0 bridgehead atoms. The first kappa shape index (κ1) is 16.0. The van der Waals surface area contributed by atoms with E-state index in [1.807, 2.05) is 0 Å². The Morgan fingerprint density at radius 3 is 2.36 bits per heavy atom. The van der Waals surface area contributed by atoms with Crippen molar-refractivity contribution in [2.24, 2.45) is 0 Å². The molecule has 0 aliphatic carbocycles. The van der Waals surface area contributed by atoms with Gasteiger partial charge in [-0.15, -0.1) is 0 Å². The van der Waals surface area contributed by atoms with Gasteiger partial charge in [0, 0.05) is 10.3 Å². The van der Waals surface area contributed by atoms with Crippen molar-refractivity contribution in [2.75, 3.05) is 6.61 Å². The summed E-state index contributed by atoms with van der Waals surface area (Å²) in [4.78, 5) is 16.3. The zero-order valence-electron chi connectivity index (χ0n) is 16.7. The highest BCUT2D eigenvalue weighted by atomic mass is 19.4. The Hall–Kier alpha value is -3.04. The fraction of sp³-hybridized carbons (Fsp3) is 0.222. The predicted octanol–water partition coefficient (Wildman–Crippen LogP) is 4.63. The molecule has 10 heteroatoms. The number of ether oxygens (including phenoxy) is 1. The summed E-state index contributed by atoms with van der Waals surface area (Å²) in [6.45, 7) is -4.21. The maximum Gasteiger partial charge on any atom is 0.434 e. The van der Waals surface area contributed by atoms with E-state index in [-0.39, 0.29) is 16.9 Å². The van der Waals surface area contributed by atoms with Crippen LogP contribution in [0.3, 0.4) is 0 Å². The molecule has 0 amide bonds. The lowest BCUT2D eigenvalue weighted by Crippen LogP contribution is -2.24. The van der Waals surface area contributed by atoms with E-state index in [9.17, 15) is 31.1 Å². The molecule has 0 saturated heterocycles. The number of aromatic nitrogens is 2. The normalized spacial score (nSPS) is 14.4. The Labute approximate surface area is 158 Å². The van der Waals surface area contributed by atoms with Gasteiger partial charge in [0.25, 0.3) is 5.56 Å². The van der Waals surface area contributed by atoms with E-state index in [4.69, 9.17) is 4.11 Å². The first-order valence-electron chi connectivity index (χ1n) is 9.11. The van der Waals surface area contributed by atoms with Gasteiger partial charge in [-0.1, -0.05) is 12.1 Å². The third-order valence-electron chi connectivity index (χ3n) is 3.64. The molecule has 28 heavy (non-hydrogen) atoms. The summed E-state index contributed by atoms with van der Waals surface area (Å²) < 4.78 is 105. The van der Waals surface area contributed by atoms with Crippen molar-refractivity contribution in [1.82, 2.24) is 9.38 Å². The molecule has 0 aliphatic heterocycles. The molecule has 0 N–H and O–H groups in total. The summed E-state index contributed by atoms with van der Waals surface area (Å²) in [6.07, 6.45) is -8.67. The number of alkyl halides is 6. The Kier molecular flexibility index (Phi) is 3.90. The number of benzene rings is 1. The second-order valence-electron chi connectivity index (χ2n) is 5.71. The van der Waals surface area contributed by atoms with Gasteiger partial charge in [0.15, 0.2) is 12.3 Å². The summed E-state index contributed by atoms with van der Waals surface area (Å²) >= 11 is 0. The number of hydrogen-bond donors (Lipinski definition) is 0. The van der Waals surface area contributed by atoms with Crippen LogP contribution in [0.5, 0.6) is 5.75 Å². The molecule has 0 saturated carbocycles. The van der Waals surface area contributed by atoms with Crippen molar-refractivity contribution in [1.29, 1.82) is 0 Å². The van der Waals surface area contributed by atoms with E-state index >= 15 is 0 Å². The van der Waals surface area contributed by atoms with Gasteiger partial charge < -0.3 is 4.74 Å². The fourth-order valence-electron chi connectivity index (χ4n) is 2.49. The standard InChI is InChI=1S/C18H12F6N2O2/c1-10-6-7-26-13(8-10)25-15(18(22,23)24)14(16(26)27)11-2-4-12(5-3-11)28-9-17(19,20)21/h2-8H,9H2,1H3/i1D3. The highest BCUT2D eigenvalue weighted by Crippen LogP contribution is 2.34. The first-order chi connectivity index (χ1) is 14.2. The number of pyridine rings is 1. The average molecular weight is 405 g/mol. The van der Waals surface area contributed by atoms with Gasteiger partial charge in [0.2, 0.25) is 0 Å². The lowest BCUT2D eigenvalue weighted by molar-refractivity contribution is -0.153. The van der Waals surface area contributed by atoms with Gasteiger partial charge >= 0.3 is 12.4 Å². The lowest BCUT2D eigenvalue weighted by Gasteiger charge is -2.14. The van der Waals surface area contributed by atoms with Crippen LogP contribution in [0.4, 0.5) is 26.3 Å². The highest BCUT2D eigenvalue weighted by molar-refractivity contribution is 5.68. The maximum atomic E-state index is 13.6. The van der Waals surface area contributed by atoms with E-state index in [2.05, 4.69) is 9.72 Å². The molecule has 0 atom stereocenters. The zero-order valence-corrected chi connectivity index (χ0v) is 13.7. The van der Waals surface area contributed by atoms with Gasteiger partial charge in [-0.3, -0.25) is 9.20 Å². The first-order valence-corrected chi connectivity index (χ1v) is 7.61. The van der Waals surface area contributed by atoms with Crippen LogP contribution >= 0.6 is 0 Å². The van der Waals surface area contributed by atoms with Crippen LogP contribution in [0, 0.1) is 6.85 Å². The van der Waals surface area contributed by atoms with E-state index < -0.39 is 48.3 Å². The summed E-state index contributed by atoms with van der Waals surface area (Å²) in [5.41, 5.74) is -4.58. The molecule has 2 aromatic heterocycles. The SMILES string of the molecule is [2H]C([2H])([2H])c1ccn2c(=O)c(-c3ccc(OCC(F)(F)F)cc3)c(C(F)(F)F)nc2c1. The minimum absolute atomic E-state index is 0.251. The van der Waals surface area contributed by atoms with E-state index in [0.717, 1.165) is 47.0 Å². The van der Waals surface area contributed by atoms with Crippen LogP contribution in [0.15, 0.2) is 47.4 Å². The Morgan fingerprint density at radius 1 is 1.11 bits per heavy atom. The number of aryl methyl sites for hydroxylation is 1. The summed E-state index contributed by atoms with van der Waals surface area (Å²) in [6, 6.07) is 5.92. The predicted molar refractivity (Wildman–Crippen MR) is 88.2 cm³/mol. The largest absolute Gasteiger partial charge is 0.484 e. The van der Waals surface area contributed by atoms with Gasteiger partial charge in [0.05, 0.1) is 5.56 Å². The number of hydrogen-bond acceptors (Lipinski definition) is 3. The zero-order chi connectivity index (χ0) is 23.2. The smallest absolute Gasteiger partial charge is 0.434 e. The van der Waals surface area contributed by atoms with E-state index in [1.165, 1.54) is 0 Å². The van der Waals surface area contributed by atoms with Crippen LogP contribution < -0.4 is 10.3 Å². The minimum atomic E-state index is -5.06. The maximum absolute atomic E-state index is 13.6. The molecule has 0 spiro atoms. The number of halogens is 6. The second-order valence-corrected chi connectivity index (χ2v) is 5.71.